The van der Waals surface area contributed by atoms with E-state index in [1.165, 1.54) is 15.9 Å². The molecule has 1 aliphatic rings. The molecule has 33 heavy (non-hydrogen) atoms. The number of para-hydroxylation sites is 1. The minimum Gasteiger partial charge on any atom is -0.481 e. The number of halogens is 1. The van der Waals surface area contributed by atoms with Crippen molar-refractivity contribution in [1.29, 1.82) is 0 Å². The average Bonchev–Trinajstić information content (AvgIpc) is 2.81. The fourth-order valence-electron chi connectivity index (χ4n) is 3.57. The van der Waals surface area contributed by atoms with Gasteiger partial charge in [0.05, 0.1) is 17.1 Å². The van der Waals surface area contributed by atoms with Crippen LogP contribution in [0.2, 0.25) is 5.02 Å². The summed E-state index contributed by atoms with van der Waals surface area (Å²) in [6, 6.07) is 8.57. The first-order chi connectivity index (χ1) is 15.8. The highest BCUT2D eigenvalue weighted by Crippen LogP contribution is 2.22. The molecule has 0 spiro atoms. The van der Waals surface area contributed by atoms with E-state index in [9.17, 15) is 24.3 Å². The summed E-state index contributed by atoms with van der Waals surface area (Å²) in [5, 5.41) is 13.3. The standard InChI is InChI=1S/C22H25ClN4O6/c1-2-33-22(32)27-11-9-26(10-12-27)20(29)15(21(30)31)7-8-24-19(28)18-13-16(23)14-5-3-4-6-17(14)25-18/h3-6,13,15H,2,7-12H2,1H3,(H,24,28)(H,30,31). The van der Waals surface area contributed by atoms with Gasteiger partial charge in [-0.3, -0.25) is 14.4 Å². The van der Waals surface area contributed by atoms with Crippen molar-refractivity contribution in [2.24, 2.45) is 5.92 Å². The summed E-state index contributed by atoms with van der Waals surface area (Å²) in [4.78, 5) is 55.9. The van der Waals surface area contributed by atoms with E-state index < -0.39 is 29.8 Å². The highest BCUT2D eigenvalue weighted by molar-refractivity contribution is 6.35. The summed E-state index contributed by atoms with van der Waals surface area (Å²) in [5.41, 5.74) is 0.669. The third-order valence-corrected chi connectivity index (χ3v) is 5.64. The number of carbonyl (C=O) groups is 4. The van der Waals surface area contributed by atoms with Crippen LogP contribution < -0.4 is 5.32 Å². The minimum atomic E-state index is -1.31. The Hall–Kier alpha value is -3.40. The topological polar surface area (TPSA) is 129 Å². The number of hydrogen-bond acceptors (Lipinski definition) is 6. The summed E-state index contributed by atoms with van der Waals surface area (Å²) in [6.07, 6.45) is -0.538. The van der Waals surface area contributed by atoms with E-state index in [0.29, 0.717) is 10.5 Å². The van der Waals surface area contributed by atoms with Crippen molar-refractivity contribution < 1.29 is 29.0 Å². The molecule has 176 valence electrons. The smallest absolute Gasteiger partial charge is 0.409 e. The number of carbonyl (C=O) groups excluding carboxylic acids is 3. The molecule has 1 unspecified atom stereocenters. The van der Waals surface area contributed by atoms with Crippen LogP contribution in [0.15, 0.2) is 30.3 Å². The first kappa shape index (κ1) is 24.2. The van der Waals surface area contributed by atoms with Crippen LogP contribution in [0.4, 0.5) is 4.79 Å². The van der Waals surface area contributed by atoms with Gasteiger partial charge in [-0.15, -0.1) is 0 Å². The van der Waals surface area contributed by atoms with E-state index in [1.54, 1.807) is 25.1 Å². The highest BCUT2D eigenvalue weighted by atomic mass is 35.5. The van der Waals surface area contributed by atoms with Crippen LogP contribution in [-0.2, 0) is 14.3 Å². The van der Waals surface area contributed by atoms with Crippen LogP contribution >= 0.6 is 11.6 Å². The molecule has 2 heterocycles. The molecular formula is C22H25ClN4O6. The Kier molecular flexibility index (Phi) is 8.05. The molecule has 1 saturated heterocycles. The molecule has 2 aromatic rings. The lowest BCUT2D eigenvalue weighted by atomic mass is 10.0. The number of carboxylic acid groups (broad SMARTS) is 1. The van der Waals surface area contributed by atoms with Gasteiger partial charge in [0.15, 0.2) is 0 Å². The number of ether oxygens (including phenoxy) is 1. The lowest BCUT2D eigenvalue weighted by Crippen LogP contribution is -2.53. The second kappa shape index (κ2) is 11.0. The molecular weight excluding hydrogens is 452 g/mol. The molecule has 0 aliphatic carbocycles. The van der Waals surface area contributed by atoms with E-state index >= 15 is 0 Å². The second-order valence-electron chi connectivity index (χ2n) is 7.45. The van der Waals surface area contributed by atoms with Gasteiger partial charge in [-0.1, -0.05) is 29.8 Å². The Balaban J connectivity index is 1.55. The maximum absolute atomic E-state index is 12.7. The maximum atomic E-state index is 12.7. The Morgan fingerprint density at radius 1 is 1.15 bits per heavy atom. The number of hydrogen-bond donors (Lipinski definition) is 2. The number of carboxylic acids is 1. The first-order valence-corrected chi connectivity index (χ1v) is 11.0. The molecule has 1 aromatic carbocycles. The van der Waals surface area contributed by atoms with Crippen LogP contribution in [0, 0.1) is 5.92 Å². The van der Waals surface area contributed by atoms with Gasteiger partial charge >= 0.3 is 12.1 Å². The van der Waals surface area contributed by atoms with Crippen LogP contribution in [0.5, 0.6) is 0 Å². The van der Waals surface area contributed by atoms with Crippen molar-refractivity contribution in [1.82, 2.24) is 20.1 Å². The second-order valence-corrected chi connectivity index (χ2v) is 7.86. The van der Waals surface area contributed by atoms with Crippen LogP contribution in [0.3, 0.4) is 0 Å². The van der Waals surface area contributed by atoms with Gasteiger partial charge in [0, 0.05) is 38.1 Å². The summed E-state index contributed by atoms with van der Waals surface area (Å²) in [7, 11) is 0. The van der Waals surface area contributed by atoms with Crippen LogP contribution in [-0.4, -0.2) is 83.1 Å². The summed E-state index contributed by atoms with van der Waals surface area (Å²) in [6.45, 7) is 2.89. The molecule has 3 rings (SSSR count). The minimum absolute atomic E-state index is 0.0313. The van der Waals surface area contributed by atoms with E-state index in [0.717, 1.165) is 5.39 Å². The largest absolute Gasteiger partial charge is 0.481 e. The summed E-state index contributed by atoms with van der Waals surface area (Å²) < 4.78 is 4.94. The van der Waals surface area contributed by atoms with Gasteiger partial charge in [-0.25, -0.2) is 9.78 Å². The molecule has 1 fully saturated rings. The number of nitrogens with zero attached hydrogens (tertiary/aromatic N) is 3. The lowest BCUT2D eigenvalue weighted by Gasteiger charge is -2.35. The number of aliphatic carboxylic acids is 1. The van der Waals surface area contributed by atoms with Gasteiger partial charge in [-0.05, 0) is 25.5 Å². The van der Waals surface area contributed by atoms with Gasteiger partial charge < -0.3 is 25.0 Å². The third kappa shape index (κ3) is 5.89. The molecule has 1 aromatic heterocycles. The number of rotatable bonds is 7. The van der Waals surface area contributed by atoms with Gasteiger partial charge in [0.2, 0.25) is 5.91 Å². The van der Waals surface area contributed by atoms with Crippen molar-refractivity contribution in [3.05, 3.63) is 41.0 Å². The van der Waals surface area contributed by atoms with Gasteiger partial charge in [-0.2, -0.15) is 0 Å². The SMILES string of the molecule is CCOC(=O)N1CCN(C(=O)C(CCNC(=O)c2cc(Cl)c3ccccc3n2)C(=O)O)CC1. The maximum Gasteiger partial charge on any atom is 0.409 e. The van der Waals surface area contributed by atoms with Crippen molar-refractivity contribution in [2.45, 2.75) is 13.3 Å². The zero-order valence-electron chi connectivity index (χ0n) is 18.1. The van der Waals surface area contributed by atoms with E-state index in [2.05, 4.69) is 10.3 Å². The van der Waals surface area contributed by atoms with Crippen LogP contribution in [0.25, 0.3) is 10.9 Å². The third-order valence-electron chi connectivity index (χ3n) is 5.33. The van der Waals surface area contributed by atoms with E-state index in [-0.39, 0.29) is 51.4 Å². The molecule has 2 N–H and O–H groups in total. The fraction of sp³-hybridized carbons (Fsp3) is 0.409. The average molecular weight is 477 g/mol. The number of pyridine rings is 1. The summed E-state index contributed by atoms with van der Waals surface area (Å²) >= 11 is 6.23. The molecule has 11 heteroatoms. The fourth-order valence-corrected chi connectivity index (χ4v) is 3.83. The molecule has 0 radical (unpaired) electrons. The molecule has 1 aliphatic heterocycles. The van der Waals surface area contributed by atoms with Gasteiger partial charge in [0.25, 0.3) is 5.91 Å². The number of benzene rings is 1. The molecule has 3 amide bonds. The Morgan fingerprint density at radius 3 is 2.48 bits per heavy atom. The molecule has 0 bridgehead atoms. The zero-order chi connectivity index (χ0) is 24.0. The van der Waals surface area contributed by atoms with Crippen molar-refractivity contribution >= 4 is 46.4 Å². The van der Waals surface area contributed by atoms with Crippen molar-refractivity contribution in [3.63, 3.8) is 0 Å². The highest BCUT2D eigenvalue weighted by Gasteiger charge is 2.33. The Bertz CT molecular complexity index is 1050. The Morgan fingerprint density at radius 2 is 1.82 bits per heavy atom. The van der Waals surface area contributed by atoms with E-state index in [4.69, 9.17) is 16.3 Å². The summed E-state index contributed by atoms with van der Waals surface area (Å²) in [5.74, 6) is -3.64. The first-order valence-electron chi connectivity index (χ1n) is 10.6. The number of fused-ring (bicyclic) bond motifs is 1. The lowest BCUT2D eigenvalue weighted by molar-refractivity contribution is -0.152. The number of nitrogens with one attached hydrogen (secondary N) is 1. The predicted octanol–water partition coefficient (Wildman–Crippen LogP) is 2.01. The normalized spacial score (nSPS) is 14.6. The van der Waals surface area contributed by atoms with Gasteiger partial charge in [0.1, 0.15) is 11.6 Å². The molecule has 10 nitrogen and oxygen atoms in total. The quantitative estimate of drug-likeness (QED) is 0.584. The van der Waals surface area contributed by atoms with E-state index in [1.807, 2.05) is 6.07 Å². The monoisotopic (exact) mass is 476 g/mol. The van der Waals surface area contributed by atoms with Crippen molar-refractivity contribution in [3.8, 4) is 0 Å². The zero-order valence-corrected chi connectivity index (χ0v) is 18.9. The number of aromatic nitrogens is 1. The van der Waals surface area contributed by atoms with Crippen LogP contribution in [0.1, 0.15) is 23.8 Å². The van der Waals surface area contributed by atoms with Crippen molar-refractivity contribution in [2.75, 3.05) is 39.3 Å². The predicted molar refractivity (Wildman–Crippen MR) is 120 cm³/mol. The number of piperazine rings is 1. The molecule has 0 saturated carbocycles. The molecule has 1 atom stereocenters. The Labute approximate surface area is 195 Å². The number of amides is 3.